The normalized spacial score (nSPS) is 29.6. The van der Waals surface area contributed by atoms with E-state index in [-0.39, 0.29) is 29.8 Å². The number of fused-ring (bicyclic) bond motifs is 1. The molecule has 4 fully saturated rings. The average Bonchev–Trinajstić information content (AvgIpc) is 3.47. The Morgan fingerprint density at radius 1 is 1.08 bits per heavy atom. The zero-order valence-electron chi connectivity index (χ0n) is 20.7. The smallest absolute Gasteiger partial charge is 0.315 e. The van der Waals surface area contributed by atoms with Crippen molar-refractivity contribution < 1.29 is 9.53 Å². The SMILES string of the molecule is C[C@@H](OC1CCC2NNC(c3cnc(N4CCC5(CC4)CNC(=O)N5)nc3)C2C1)c1c(Cl)cncc1Cl. The summed E-state index contributed by atoms with van der Waals surface area (Å²) in [6, 6.07) is 0.416. The van der Waals surface area contributed by atoms with Crippen molar-refractivity contribution in [2.45, 2.75) is 68.9 Å². The Labute approximate surface area is 226 Å². The molecule has 198 valence electrons. The van der Waals surface area contributed by atoms with Crippen molar-refractivity contribution in [1.82, 2.24) is 36.4 Å². The number of amides is 2. The van der Waals surface area contributed by atoms with Crippen molar-refractivity contribution in [3.05, 3.63) is 46.0 Å². The molecule has 12 heteroatoms. The molecule has 4 aliphatic rings. The second kappa shape index (κ2) is 10.1. The molecule has 3 aliphatic heterocycles. The molecule has 4 N–H and O–H groups in total. The molecule has 37 heavy (non-hydrogen) atoms. The second-order valence-electron chi connectivity index (χ2n) is 10.7. The van der Waals surface area contributed by atoms with Crippen LogP contribution in [-0.2, 0) is 4.74 Å². The molecule has 0 radical (unpaired) electrons. The number of nitrogens with one attached hydrogen (secondary N) is 4. The summed E-state index contributed by atoms with van der Waals surface area (Å²) >= 11 is 12.7. The number of anilines is 1. The molecule has 2 aromatic heterocycles. The summed E-state index contributed by atoms with van der Waals surface area (Å²) in [4.78, 5) is 27.3. The van der Waals surface area contributed by atoms with Crippen LogP contribution in [0, 0.1) is 5.92 Å². The van der Waals surface area contributed by atoms with E-state index in [1.54, 1.807) is 12.4 Å². The van der Waals surface area contributed by atoms with Gasteiger partial charge in [-0.1, -0.05) is 23.2 Å². The fourth-order valence-electron chi connectivity index (χ4n) is 6.31. The molecule has 4 unspecified atom stereocenters. The van der Waals surface area contributed by atoms with Gasteiger partial charge in [0.15, 0.2) is 0 Å². The van der Waals surface area contributed by atoms with Crippen molar-refractivity contribution in [2.75, 3.05) is 24.5 Å². The summed E-state index contributed by atoms with van der Waals surface area (Å²) in [5.74, 6) is 1.10. The summed E-state index contributed by atoms with van der Waals surface area (Å²) in [6.07, 6.45) is 11.6. The van der Waals surface area contributed by atoms with Crippen LogP contribution in [0.5, 0.6) is 0 Å². The van der Waals surface area contributed by atoms with Gasteiger partial charge in [-0.25, -0.2) is 20.2 Å². The Bertz CT molecular complexity index is 1120. The molecular formula is C25H32Cl2N8O2. The number of halogens is 2. The fraction of sp³-hybridized carbons (Fsp3) is 0.600. The predicted octanol–water partition coefficient (Wildman–Crippen LogP) is 3.29. The number of carbonyl (C=O) groups is 1. The monoisotopic (exact) mass is 546 g/mol. The van der Waals surface area contributed by atoms with Crippen LogP contribution in [0.25, 0.3) is 0 Å². The van der Waals surface area contributed by atoms with E-state index < -0.39 is 0 Å². The van der Waals surface area contributed by atoms with Crippen LogP contribution in [0.1, 0.15) is 62.3 Å². The van der Waals surface area contributed by atoms with Crippen LogP contribution in [0.15, 0.2) is 24.8 Å². The van der Waals surface area contributed by atoms with Crippen LogP contribution in [0.2, 0.25) is 10.0 Å². The van der Waals surface area contributed by atoms with Crippen molar-refractivity contribution in [3.8, 4) is 0 Å². The largest absolute Gasteiger partial charge is 0.370 e. The number of rotatable bonds is 5. The Morgan fingerprint density at radius 2 is 1.81 bits per heavy atom. The standard InChI is InChI=1S/C25H32Cl2N8O2/c1-14(21-18(26)11-28-12-19(21)27)37-16-2-3-20-17(8-16)22(34-33-20)15-9-29-23(30-10-15)35-6-4-25(5-7-35)13-31-24(36)32-25/h9-12,14,16-17,20,22,33-34H,2-8,13H2,1H3,(H2,31,32,36)/t14-,16?,17?,20?,22?/m1/s1. The summed E-state index contributed by atoms with van der Waals surface area (Å²) in [5.41, 5.74) is 8.68. The van der Waals surface area contributed by atoms with E-state index in [0.29, 0.717) is 28.5 Å². The van der Waals surface area contributed by atoms with Crippen molar-refractivity contribution >= 4 is 35.2 Å². The van der Waals surface area contributed by atoms with Gasteiger partial charge in [0.2, 0.25) is 5.95 Å². The first-order chi connectivity index (χ1) is 17.9. The Balaban J connectivity index is 1.08. The van der Waals surface area contributed by atoms with Gasteiger partial charge in [-0.15, -0.1) is 0 Å². The van der Waals surface area contributed by atoms with Gasteiger partial charge in [-0.05, 0) is 44.9 Å². The number of ether oxygens (including phenoxy) is 1. The first-order valence-corrected chi connectivity index (χ1v) is 13.7. The molecular weight excluding hydrogens is 515 g/mol. The number of hydrogen-bond donors (Lipinski definition) is 4. The van der Waals surface area contributed by atoms with Crippen LogP contribution < -0.4 is 26.4 Å². The number of hydrazine groups is 1. The number of carbonyl (C=O) groups excluding carboxylic acids is 1. The highest BCUT2D eigenvalue weighted by Crippen LogP contribution is 2.41. The molecule has 2 amide bonds. The summed E-state index contributed by atoms with van der Waals surface area (Å²) in [5, 5.41) is 7.03. The lowest BCUT2D eigenvalue weighted by molar-refractivity contribution is -0.0370. The molecule has 0 aromatic carbocycles. The average molecular weight is 547 g/mol. The number of urea groups is 1. The maximum atomic E-state index is 11.6. The topological polar surface area (TPSA) is 116 Å². The minimum atomic E-state index is -0.218. The second-order valence-corrected chi connectivity index (χ2v) is 11.5. The lowest BCUT2D eigenvalue weighted by Gasteiger charge is -2.38. The van der Waals surface area contributed by atoms with Crippen LogP contribution in [0.4, 0.5) is 10.7 Å². The molecule has 3 saturated heterocycles. The summed E-state index contributed by atoms with van der Waals surface area (Å²) < 4.78 is 6.46. The molecule has 1 spiro atoms. The third-order valence-corrected chi connectivity index (χ3v) is 8.99. The Hall–Kier alpha value is -2.24. The highest BCUT2D eigenvalue weighted by atomic mass is 35.5. The predicted molar refractivity (Wildman–Crippen MR) is 140 cm³/mol. The van der Waals surface area contributed by atoms with Gasteiger partial charge >= 0.3 is 6.03 Å². The number of aromatic nitrogens is 3. The van der Waals surface area contributed by atoms with E-state index >= 15 is 0 Å². The van der Waals surface area contributed by atoms with Gasteiger partial charge in [0, 0.05) is 61.6 Å². The molecule has 5 atom stereocenters. The highest BCUT2D eigenvalue weighted by molar-refractivity contribution is 6.35. The summed E-state index contributed by atoms with van der Waals surface area (Å²) in [6.45, 7) is 4.32. The Kier molecular flexibility index (Phi) is 6.87. The molecule has 2 aromatic rings. The fourth-order valence-corrected chi connectivity index (χ4v) is 6.98. The third kappa shape index (κ3) is 4.97. The van der Waals surface area contributed by atoms with E-state index in [4.69, 9.17) is 37.9 Å². The lowest BCUT2D eigenvalue weighted by atomic mass is 9.78. The van der Waals surface area contributed by atoms with Gasteiger partial charge in [0.1, 0.15) is 0 Å². The van der Waals surface area contributed by atoms with Gasteiger partial charge < -0.3 is 20.3 Å². The zero-order valence-corrected chi connectivity index (χ0v) is 22.2. The van der Waals surface area contributed by atoms with E-state index in [0.717, 1.165) is 62.3 Å². The van der Waals surface area contributed by atoms with E-state index in [2.05, 4.69) is 31.4 Å². The maximum absolute atomic E-state index is 11.6. The van der Waals surface area contributed by atoms with E-state index in [1.165, 1.54) is 0 Å². The molecule has 1 saturated carbocycles. The van der Waals surface area contributed by atoms with Crippen LogP contribution >= 0.6 is 23.2 Å². The highest BCUT2D eigenvalue weighted by Gasteiger charge is 2.43. The maximum Gasteiger partial charge on any atom is 0.315 e. The minimum absolute atomic E-state index is 0.0696. The van der Waals surface area contributed by atoms with Crippen molar-refractivity contribution in [3.63, 3.8) is 0 Å². The number of piperidine rings is 1. The van der Waals surface area contributed by atoms with Crippen LogP contribution in [0.3, 0.4) is 0 Å². The Morgan fingerprint density at radius 3 is 2.49 bits per heavy atom. The zero-order chi connectivity index (χ0) is 25.6. The number of nitrogens with zero attached hydrogens (tertiary/aromatic N) is 4. The lowest BCUT2D eigenvalue weighted by Crippen LogP contribution is -2.52. The van der Waals surface area contributed by atoms with Gasteiger partial charge in [0.05, 0.1) is 33.8 Å². The quantitative estimate of drug-likeness (QED) is 0.451. The molecule has 6 rings (SSSR count). The number of hydrogen-bond acceptors (Lipinski definition) is 8. The molecule has 0 bridgehead atoms. The first-order valence-electron chi connectivity index (χ1n) is 13.0. The van der Waals surface area contributed by atoms with E-state index in [9.17, 15) is 4.79 Å². The molecule has 5 heterocycles. The van der Waals surface area contributed by atoms with E-state index in [1.807, 2.05) is 19.3 Å². The van der Waals surface area contributed by atoms with Crippen molar-refractivity contribution in [1.29, 1.82) is 0 Å². The minimum Gasteiger partial charge on any atom is -0.370 e. The van der Waals surface area contributed by atoms with Gasteiger partial charge in [-0.3, -0.25) is 10.4 Å². The number of pyridine rings is 1. The first kappa shape index (κ1) is 25.1. The third-order valence-electron chi connectivity index (χ3n) is 8.38. The van der Waals surface area contributed by atoms with Crippen molar-refractivity contribution in [2.24, 2.45) is 5.92 Å². The summed E-state index contributed by atoms with van der Waals surface area (Å²) in [7, 11) is 0. The molecule has 1 aliphatic carbocycles. The van der Waals surface area contributed by atoms with Gasteiger partial charge in [-0.2, -0.15) is 0 Å². The van der Waals surface area contributed by atoms with Crippen LogP contribution in [-0.4, -0.2) is 58.3 Å². The van der Waals surface area contributed by atoms with Gasteiger partial charge in [0.25, 0.3) is 0 Å². The molecule has 10 nitrogen and oxygen atoms in total.